The predicted octanol–water partition coefficient (Wildman–Crippen LogP) is 1.37. The van der Waals surface area contributed by atoms with Gasteiger partial charge in [0.2, 0.25) is 5.91 Å². The maximum atomic E-state index is 11.3. The number of thiophene rings is 1. The van der Waals surface area contributed by atoms with E-state index in [0.717, 1.165) is 10.6 Å². The van der Waals surface area contributed by atoms with Gasteiger partial charge in [-0.3, -0.25) is 4.79 Å². The van der Waals surface area contributed by atoms with Gasteiger partial charge in [-0.15, -0.1) is 11.3 Å². The minimum Gasteiger partial charge on any atom is -0.325 e. The second-order valence-electron chi connectivity index (χ2n) is 4.75. The molecule has 0 bridgehead atoms. The van der Waals surface area contributed by atoms with Gasteiger partial charge in [-0.05, 0) is 24.3 Å². The fraction of sp³-hybridized carbons (Fsp3) is 0.583. The van der Waals surface area contributed by atoms with Crippen molar-refractivity contribution in [2.24, 2.45) is 0 Å². The van der Waals surface area contributed by atoms with E-state index in [9.17, 15) is 13.2 Å². The Balaban J connectivity index is 1.86. The van der Waals surface area contributed by atoms with Crippen LogP contribution in [0.4, 0.5) is 5.69 Å². The molecule has 2 heterocycles. The van der Waals surface area contributed by atoms with Gasteiger partial charge >= 0.3 is 0 Å². The number of carbonyl (C=O) groups excluding carboxylic acids is 1. The first kappa shape index (κ1) is 14.5. The normalized spacial score (nSPS) is 19.2. The summed E-state index contributed by atoms with van der Waals surface area (Å²) in [5, 5.41) is 8.10. The molecule has 0 aliphatic carbocycles. The van der Waals surface area contributed by atoms with E-state index in [0.29, 0.717) is 19.4 Å². The van der Waals surface area contributed by atoms with Crippen LogP contribution in [-0.2, 0) is 21.2 Å². The number of rotatable bonds is 4. The van der Waals surface area contributed by atoms with Crippen LogP contribution < -0.4 is 10.6 Å². The fourth-order valence-electron chi connectivity index (χ4n) is 2.11. The van der Waals surface area contributed by atoms with Gasteiger partial charge in [0.05, 0.1) is 17.2 Å². The molecule has 0 aromatic carbocycles. The molecule has 1 aromatic rings. The Morgan fingerprint density at radius 1 is 1.42 bits per heavy atom. The lowest BCUT2D eigenvalue weighted by molar-refractivity contribution is -0.114. The van der Waals surface area contributed by atoms with E-state index in [1.807, 2.05) is 11.4 Å². The molecule has 1 saturated heterocycles. The Morgan fingerprint density at radius 3 is 2.74 bits per heavy atom. The van der Waals surface area contributed by atoms with Crippen molar-refractivity contribution in [2.45, 2.75) is 32.4 Å². The zero-order chi connectivity index (χ0) is 13.9. The summed E-state index contributed by atoms with van der Waals surface area (Å²) < 4.78 is 22.7. The highest BCUT2D eigenvalue weighted by Crippen LogP contribution is 2.23. The average Bonchev–Trinajstić information content (AvgIpc) is 2.74. The first-order valence-electron chi connectivity index (χ1n) is 6.24. The molecule has 1 fully saturated rings. The molecule has 0 saturated carbocycles. The molecule has 1 aliphatic heterocycles. The third-order valence-corrected chi connectivity index (χ3v) is 5.80. The standard InChI is InChI=1S/C12H18N2O3S2/c1-9(15)14-11-2-5-18-12(11)8-13-10-3-6-19(16,17)7-4-10/h2,5,10,13H,3-4,6-8H2,1H3,(H,14,15). The summed E-state index contributed by atoms with van der Waals surface area (Å²) in [7, 11) is -2.81. The smallest absolute Gasteiger partial charge is 0.221 e. The lowest BCUT2D eigenvalue weighted by Gasteiger charge is -2.23. The first-order valence-corrected chi connectivity index (χ1v) is 8.94. The van der Waals surface area contributed by atoms with Gasteiger partial charge in [0.1, 0.15) is 9.84 Å². The van der Waals surface area contributed by atoms with E-state index < -0.39 is 9.84 Å². The number of hydrogen-bond acceptors (Lipinski definition) is 5. The van der Waals surface area contributed by atoms with Crippen molar-refractivity contribution in [1.29, 1.82) is 0 Å². The number of sulfone groups is 1. The molecule has 1 aliphatic rings. The summed E-state index contributed by atoms with van der Waals surface area (Å²) >= 11 is 1.58. The summed E-state index contributed by atoms with van der Waals surface area (Å²) in [6.07, 6.45) is 1.34. The van der Waals surface area contributed by atoms with Gasteiger partial charge in [-0.25, -0.2) is 8.42 Å². The van der Waals surface area contributed by atoms with Crippen molar-refractivity contribution >= 4 is 32.8 Å². The van der Waals surface area contributed by atoms with Crippen LogP contribution in [0, 0.1) is 0 Å². The monoisotopic (exact) mass is 302 g/mol. The molecule has 0 atom stereocenters. The van der Waals surface area contributed by atoms with Crippen LogP contribution in [0.15, 0.2) is 11.4 Å². The van der Waals surface area contributed by atoms with Crippen LogP contribution in [0.1, 0.15) is 24.6 Å². The summed E-state index contributed by atoms with van der Waals surface area (Å²) in [6, 6.07) is 2.13. The van der Waals surface area contributed by atoms with Gasteiger partial charge in [-0.2, -0.15) is 0 Å². The van der Waals surface area contributed by atoms with Crippen molar-refractivity contribution in [1.82, 2.24) is 5.32 Å². The number of hydrogen-bond donors (Lipinski definition) is 2. The highest BCUT2D eigenvalue weighted by Gasteiger charge is 2.23. The molecule has 1 amide bonds. The van der Waals surface area contributed by atoms with Crippen molar-refractivity contribution in [2.75, 3.05) is 16.8 Å². The molecule has 0 spiro atoms. The highest BCUT2D eigenvalue weighted by molar-refractivity contribution is 7.91. The molecule has 2 rings (SSSR count). The molecule has 0 unspecified atom stereocenters. The van der Waals surface area contributed by atoms with E-state index in [-0.39, 0.29) is 23.5 Å². The van der Waals surface area contributed by atoms with Crippen LogP contribution in [-0.4, -0.2) is 31.9 Å². The van der Waals surface area contributed by atoms with Gasteiger partial charge in [0.25, 0.3) is 0 Å². The van der Waals surface area contributed by atoms with E-state index in [1.54, 1.807) is 11.3 Å². The quantitative estimate of drug-likeness (QED) is 0.881. The number of carbonyl (C=O) groups is 1. The fourth-order valence-corrected chi connectivity index (χ4v) is 4.38. The Labute approximate surface area is 117 Å². The minimum atomic E-state index is -2.81. The largest absolute Gasteiger partial charge is 0.325 e. The molecule has 5 nitrogen and oxygen atoms in total. The van der Waals surface area contributed by atoms with Crippen LogP contribution in [0.25, 0.3) is 0 Å². The summed E-state index contributed by atoms with van der Waals surface area (Å²) in [6.45, 7) is 2.15. The highest BCUT2D eigenvalue weighted by atomic mass is 32.2. The summed E-state index contributed by atoms with van der Waals surface area (Å²) in [4.78, 5) is 12.1. The maximum Gasteiger partial charge on any atom is 0.221 e. The zero-order valence-corrected chi connectivity index (χ0v) is 12.4. The predicted molar refractivity (Wildman–Crippen MR) is 77.1 cm³/mol. The third kappa shape index (κ3) is 4.29. The van der Waals surface area contributed by atoms with Crippen molar-refractivity contribution < 1.29 is 13.2 Å². The van der Waals surface area contributed by atoms with Crippen LogP contribution in [0.3, 0.4) is 0 Å². The topological polar surface area (TPSA) is 75.3 Å². The maximum absolute atomic E-state index is 11.3. The average molecular weight is 302 g/mol. The molecular formula is C12H18N2O3S2. The zero-order valence-electron chi connectivity index (χ0n) is 10.8. The van der Waals surface area contributed by atoms with Crippen molar-refractivity contribution in [3.05, 3.63) is 16.3 Å². The van der Waals surface area contributed by atoms with E-state index >= 15 is 0 Å². The summed E-state index contributed by atoms with van der Waals surface area (Å²) in [5.74, 6) is 0.463. The Morgan fingerprint density at radius 2 is 2.11 bits per heavy atom. The van der Waals surface area contributed by atoms with Crippen molar-refractivity contribution in [3.63, 3.8) is 0 Å². The first-order chi connectivity index (χ1) is 8.96. The molecule has 106 valence electrons. The molecule has 7 heteroatoms. The Hall–Kier alpha value is -0.920. The molecule has 1 aromatic heterocycles. The van der Waals surface area contributed by atoms with Gasteiger partial charge < -0.3 is 10.6 Å². The lowest BCUT2D eigenvalue weighted by atomic mass is 10.1. The number of nitrogens with one attached hydrogen (secondary N) is 2. The third-order valence-electron chi connectivity index (χ3n) is 3.16. The molecule has 19 heavy (non-hydrogen) atoms. The Kier molecular flexibility index (Phi) is 4.59. The number of anilines is 1. The molecular weight excluding hydrogens is 284 g/mol. The van der Waals surface area contributed by atoms with Crippen LogP contribution in [0.5, 0.6) is 0 Å². The van der Waals surface area contributed by atoms with Crippen LogP contribution in [0.2, 0.25) is 0 Å². The van der Waals surface area contributed by atoms with Gasteiger partial charge in [-0.1, -0.05) is 0 Å². The number of amides is 1. The van der Waals surface area contributed by atoms with E-state index in [2.05, 4.69) is 10.6 Å². The molecule has 0 radical (unpaired) electrons. The second kappa shape index (κ2) is 6.02. The second-order valence-corrected chi connectivity index (χ2v) is 8.05. The molecule has 2 N–H and O–H groups in total. The van der Waals surface area contributed by atoms with Gasteiger partial charge in [0.15, 0.2) is 0 Å². The SMILES string of the molecule is CC(=O)Nc1ccsc1CNC1CCS(=O)(=O)CC1. The minimum absolute atomic E-state index is 0.0802. The summed E-state index contributed by atoms with van der Waals surface area (Å²) in [5.41, 5.74) is 0.841. The van der Waals surface area contributed by atoms with Gasteiger partial charge in [0, 0.05) is 24.4 Å². The van der Waals surface area contributed by atoms with E-state index in [1.165, 1.54) is 6.92 Å². The Bertz CT molecular complexity index is 537. The van der Waals surface area contributed by atoms with E-state index in [4.69, 9.17) is 0 Å². The van der Waals surface area contributed by atoms with Crippen molar-refractivity contribution in [3.8, 4) is 0 Å². The lowest BCUT2D eigenvalue weighted by Crippen LogP contribution is -2.37. The van der Waals surface area contributed by atoms with Crippen LogP contribution >= 0.6 is 11.3 Å².